The Morgan fingerprint density at radius 3 is 2.81 bits per heavy atom. The summed E-state index contributed by atoms with van der Waals surface area (Å²) in [5.41, 5.74) is 0.896. The van der Waals surface area contributed by atoms with Crippen molar-refractivity contribution >= 4 is 12.0 Å². The monoisotopic (exact) mass is 355 g/mol. The number of carbonyl (C=O) groups excluding carboxylic acids is 1. The van der Waals surface area contributed by atoms with Crippen molar-refractivity contribution in [3.63, 3.8) is 0 Å². The van der Waals surface area contributed by atoms with Gasteiger partial charge in [0.1, 0.15) is 5.76 Å². The maximum absolute atomic E-state index is 12.9. The Balaban J connectivity index is 1.49. The zero-order valence-corrected chi connectivity index (χ0v) is 14.4. The summed E-state index contributed by atoms with van der Waals surface area (Å²) in [6.45, 7) is 2.06. The van der Waals surface area contributed by atoms with E-state index in [1.165, 1.54) is 0 Å². The van der Waals surface area contributed by atoms with Gasteiger partial charge in [0.25, 0.3) is 0 Å². The van der Waals surface area contributed by atoms with Crippen molar-refractivity contribution in [1.82, 2.24) is 4.90 Å². The summed E-state index contributed by atoms with van der Waals surface area (Å²) >= 11 is 0. The predicted octanol–water partition coefficient (Wildman–Crippen LogP) is 3.23. The Bertz CT molecular complexity index is 778. The molecule has 6 nitrogen and oxygen atoms in total. The molecule has 0 saturated carbocycles. The van der Waals surface area contributed by atoms with Crippen molar-refractivity contribution in [2.45, 2.75) is 25.4 Å². The van der Waals surface area contributed by atoms with Crippen LogP contribution >= 0.6 is 0 Å². The van der Waals surface area contributed by atoms with E-state index in [-0.39, 0.29) is 18.7 Å². The number of carbonyl (C=O) groups is 1. The SMILES string of the molecule is O=C(/C=C/c1ccc2c(c1)OCO2)N(Cc1ccco1)C1CCOCC1. The summed E-state index contributed by atoms with van der Waals surface area (Å²) < 4.78 is 21.6. The summed E-state index contributed by atoms with van der Waals surface area (Å²) in [7, 11) is 0. The van der Waals surface area contributed by atoms with E-state index in [4.69, 9.17) is 18.6 Å². The van der Waals surface area contributed by atoms with Gasteiger partial charge in [-0.1, -0.05) is 6.07 Å². The lowest BCUT2D eigenvalue weighted by atomic mass is 10.1. The molecule has 1 aromatic carbocycles. The number of amides is 1. The zero-order valence-electron chi connectivity index (χ0n) is 14.4. The minimum absolute atomic E-state index is 0.0361. The summed E-state index contributed by atoms with van der Waals surface area (Å²) in [5, 5.41) is 0. The molecule has 3 heterocycles. The second kappa shape index (κ2) is 7.66. The number of nitrogens with zero attached hydrogens (tertiary/aromatic N) is 1. The van der Waals surface area contributed by atoms with Crippen molar-refractivity contribution in [3.05, 3.63) is 54.0 Å². The quantitative estimate of drug-likeness (QED) is 0.771. The lowest BCUT2D eigenvalue weighted by molar-refractivity contribution is -0.131. The lowest BCUT2D eigenvalue weighted by Gasteiger charge is -2.33. The highest BCUT2D eigenvalue weighted by atomic mass is 16.7. The molecular formula is C20H21NO5. The van der Waals surface area contributed by atoms with Gasteiger partial charge in [-0.3, -0.25) is 4.79 Å². The third kappa shape index (κ3) is 3.75. The molecule has 0 bridgehead atoms. The van der Waals surface area contributed by atoms with Gasteiger partial charge in [0, 0.05) is 25.3 Å². The van der Waals surface area contributed by atoms with Crippen LogP contribution in [0.3, 0.4) is 0 Å². The van der Waals surface area contributed by atoms with Crippen LogP contribution in [-0.2, 0) is 16.1 Å². The van der Waals surface area contributed by atoms with Crippen molar-refractivity contribution in [2.24, 2.45) is 0 Å². The number of hydrogen-bond donors (Lipinski definition) is 0. The highest BCUT2D eigenvalue weighted by molar-refractivity contribution is 5.92. The fraction of sp³-hybridized carbons (Fsp3) is 0.350. The first-order valence-corrected chi connectivity index (χ1v) is 8.78. The second-order valence-corrected chi connectivity index (χ2v) is 6.34. The summed E-state index contributed by atoms with van der Waals surface area (Å²) in [4.78, 5) is 14.7. The molecule has 0 aliphatic carbocycles. The molecule has 0 unspecified atom stereocenters. The molecule has 26 heavy (non-hydrogen) atoms. The van der Waals surface area contributed by atoms with Gasteiger partial charge in [0.2, 0.25) is 12.7 Å². The molecule has 1 amide bonds. The Morgan fingerprint density at radius 2 is 2.00 bits per heavy atom. The molecule has 2 aliphatic rings. The number of furan rings is 1. The molecule has 4 rings (SSSR count). The first-order valence-electron chi connectivity index (χ1n) is 8.78. The van der Waals surface area contributed by atoms with Crippen molar-refractivity contribution in [1.29, 1.82) is 0 Å². The molecule has 0 atom stereocenters. The fourth-order valence-electron chi connectivity index (χ4n) is 3.23. The minimum atomic E-state index is -0.0361. The number of hydrogen-bond acceptors (Lipinski definition) is 5. The largest absolute Gasteiger partial charge is 0.467 e. The van der Waals surface area contributed by atoms with Crippen molar-refractivity contribution in [3.8, 4) is 11.5 Å². The fourth-order valence-corrected chi connectivity index (χ4v) is 3.23. The molecule has 1 fully saturated rings. The van der Waals surface area contributed by atoms with Gasteiger partial charge in [-0.15, -0.1) is 0 Å². The third-order valence-corrected chi connectivity index (χ3v) is 4.64. The van der Waals surface area contributed by atoms with Crippen molar-refractivity contribution in [2.75, 3.05) is 20.0 Å². The highest BCUT2D eigenvalue weighted by Crippen LogP contribution is 2.32. The predicted molar refractivity (Wildman–Crippen MR) is 94.7 cm³/mol. The van der Waals surface area contributed by atoms with Gasteiger partial charge >= 0.3 is 0 Å². The lowest BCUT2D eigenvalue weighted by Crippen LogP contribution is -2.42. The molecule has 1 saturated heterocycles. The van der Waals surface area contributed by atoms with E-state index in [0.717, 1.165) is 29.9 Å². The average Bonchev–Trinajstić information content (AvgIpc) is 3.36. The molecular weight excluding hydrogens is 334 g/mol. The molecule has 2 aromatic rings. The van der Waals surface area contributed by atoms with Crippen LogP contribution in [0, 0.1) is 0 Å². The topological polar surface area (TPSA) is 61.1 Å². The Hall–Kier alpha value is -2.73. The highest BCUT2D eigenvalue weighted by Gasteiger charge is 2.25. The van der Waals surface area contributed by atoms with Crippen LogP contribution in [0.15, 0.2) is 47.1 Å². The number of benzene rings is 1. The van der Waals surface area contributed by atoms with E-state index in [0.29, 0.717) is 25.5 Å². The molecule has 0 radical (unpaired) electrons. The maximum atomic E-state index is 12.9. The number of fused-ring (bicyclic) bond motifs is 1. The Morgan fingerprint density at radius 1 is 1.15 bits per heavy atom. The van der Waals surface area contributed by atoms with E-state index in [1.54, 1.807) is 18.4 Å². The third-order valence-electron chi connectivity index (χ3n) is 4.64. The van der Waals surface area contributed by atoms with Gasteiger partial charge in [-0.05, 0) is 48.7 Å². The molecule has 0 spiro atoms. The van der Waals surface area contributed by atoms with E-state index in [1.807, 2.05) is 35.2 Å². The van der Waals surface area contributed by atoms with Gasteiger partial charge in [-0.2, -0.15) is 0 Å². The Kier molecular flexibility index (Phi) is 4.93. The van der Waals surface area contributed by atoms with E-state index < -0.39 is 0 Å². The summed E-state index contributed by atoms with van der Waals surface area (Å²) in [6.07, 6.45) is 6.72. The molecule has 1 aromatic heterocycles. The van der Waals surface area contributed by atoms with Crippen LogP contribution in [-0.4, -0.2) is 36.9 Å². The van der Waals surface area contributed by atoms with Crippen LogP contribution in [0.1, 0.15) is 24.2 Å². The molecule has 2 aliphatic heterocycles. The number of ether oxygens (including phenoxy) is 3. The zero-order chi connectivity index (χ0) is 17.8. The van der Waals surface area contributed by atoms with Gasteiger partial charge in [0.15, 0.2) is 11.5 Å². The minimum Gasteiger partial charge on any atom is -0.467 e. The Labute approximate surface area is 151 Å². The van der Waals surface area contributed by atoms with Gasteiger partial charge in [-0.25, -0.2) is 0 Å². The van der Waals surface area contributed by atoms with Gasteiger partial charge < -0.3 is 23.5 Å². The normalized spacial score (nSPS) is 16.9. The van der Waals surface area contributed by atoms with Crippen LogP contribution in [0.2, 0.25) is 0 Å². The standard InChI is InChI=1S/C20H21NO5/c22-20(6-4-15-3-5-18-19(12-15)26-14-25-18)21(13-17-2-1-9-24-17)16-7-10-23-11-8-16/h1-6,9,12,16H,7-8,10-11,13-14H2/b6-4+. The van der Waals surface area contributed by atoms with E-state index >= 15 is 0 Å². The van der Waals surface area contributed by atoms with E-state index in [9.17, 15) is 4.79 Å². The van der Waals surface area contributed by atoms with Crippen molar-refractivity contribution < 1.29 is 23.4 Å². The first-order chi connectivity index (χ1) is 12.8. The molecule has 6 heteroatoms. The number of rotatable bonds is 5. The summed E-state index contributed by atoms with van der Waals surface area (Å²) in [5.74, 6) is 2.18. The molecule has 136 valence electrons. The van der Waals surface area contributed by atoms with Crippen LogP contribution in [0.5, 0.6) is 11.5 Å². The first kappa shape index (κ1) is 16.7. The second-order valence-electron chi connectivity index (χ2n) is 6.34. The van der Waals surface area contributed by atoms with Crippen LogP contribution in [0.25, 0.3) is 6.08 Å². The van der Waals surface area contributed by atoms with Crippen LogP contribution in [0.4, 0.5) is 0 Å². The smallest absolute Gasteiger partial charge is 0.247 e. The van der Waals surface area contributed by atoms with E-state index in [2.05, 4.69) is 0 Å². The van der Waals surface area contributed by atoms with Crippen LogP contribution < -0.4 is 9.47 Å². The summed E-state index contributed by atoms with van der Waals surface area (Å²) in [6, 6.07) is 9.51. The molecule has 0 N–H and O–H groups in total. The maximum Gasteiger partial charge on any atom is 0.247 e. The van der Waals surface area contributed by atoms with Gasteiger partial charge in [0.05, 0.1) is 12.8 Å². The average molecular weight is 355 g/mol.